The van der Waals surface area contributed by atoms with E-state index in [-0.39, 0.29) is 36.9 Å². The van der Waals surface area contributed by atoms with Gasteiger partial charge in [0.15, 0.2) is 0 Å². The third-order valence-corrected chi connectivity index (χ3v) is 4.59. The lowest BCUT2D eigenvalue weighted by Crippen LogP contribution is -2.25. The molecule has 0 saturated heterocycles. The van der Waals surface area contributed by atoms with E-state index < -0.39 is 17.6 Å². The Morgan fingerprint density at radius 1 is 1.15 bits per heavy atom. The van der Waals surface area contributed by atoms with Gasteiger partial charge in [-0.05, 0) is 42.8 Å². The quantitative estimate of drug-likeness (QED) is 0.606. The number of nitrogens with one attached hydrogen (secondary N) is 1. The molecule has 0 radical (unpaired) electrons. The summed E-state index contributed by atoms with van der Waals surface area (Å²) in [6.07, 6.45) is -2.04. The Labute approximate surface area is 165 Å². The fraction of sp³-hybridized carbons (Fsp3) is 0.278. The molecule has 0 amide bonds. The molecule has 1 aromatic carbocycles. The third kappa shape index (κ3) is 3.90. The fourth-order valence-electron chi connectivity index (χ4n) is 3.39. The minimum absolute atomic E-state index is 0. The van der Waals surface area contributed by atoms with Crippen molar-refractivity contribution in [3.63, 3.8) is 0 Å². The number of nitrogens with zero attached hydrogens (tertiary/aromatic N) is 2. The van der Waals surface area contributed by atoms with Crippen LogP contribution in [-0.4, -0.2) is 16.1 Å². The van der Waals surface area contributed by atoms with Crippen molar-refractivity contribution in [1.29, 1.82) is 0 Å². The van der Waals surface area contributed by atoms with Crippen molar-refractivity contribution in [2.75, 3.05) is 6.54 Å². The van der Waals surface area contributed by atoms with E-state index in [0.29, 0.717) is 12.6 Å². The third-order valence-electron chi connectivity index (χ3n) is 4.59. The predicted octanol–water partition coefficient (Wildman–Crippen LogP) is 4.73. The van der Waals surface area contributed by atoms with Crippen LogP contribution in [0, 0.1) is 5.82 Å². The Morgan fingerprint density at radius 2 is 1.93 bits per heavy atom. The highest BCUT2D eigenvalue weighted by Crippen LogP contribution is 2.32. The van der Waals surface area contributed by atoms with Gasteiger partial charge in [0.25, 0.3) is 0 Å². The average Bonchev–Trinajstić information content (AvgIpc) is 2.90. The zero-order chi connectivity index (χ0) is 17.6. The molecule has 2 aromatic heterocycles. The lowest BCUT2D eigenvalue weighted by atomic mass is 10.1. The number of halogens is 6. The van der Waals surface area contributed by atoms with E-state index in [9.17, 15) is 17.6 Å². The molecular weight excluding hydrogens is 405 g/mol. The predicted molar refractivity (Wildman–Crippen MR) is 100 cm³/mol. The van der Waals surface area contributed by atoms with Crippen molar-refractivity contribution < 1.29 is 17.6 Å². The number of hydrogen-bond donors (Lipinski definition) is 1. The van der Waals surface area contributed by atoms with Gasteiger partial charge in [-0.3, -0.25) is 0 Å². The number of benzene rings is 1. The summed E-state index contributed by atoms with van der Waals surface area (Å²) in [7, 11) is 0. The number of hydrogen-bond acceptors (Lipinski definition) is 2. The van der Waals surface area contributed by atoms with Crippen LogP contribution in [-0.2, 0) is 25.7 Å². The summed E-state index contributed by atoms with van der Waals surface area (Å²) in [6, 6.07) is 6.51. The first-order valence-electron chi connectivity index (χ1n) is 7.96. The van der Waals surface area contributed by atoms with Crippen LogP contribution in [0.4, 0.5) is 17.6 Å². The molecule has 3 aromatic rings. The van der Waals surface area contributed by atoms with E-state index >= 15 is 0 Å². The minimum atomic E-state index is -4.55. The molecule has 0 aliphatic carbocycles. The molecule has 0 unspecified atom stereocenters. The Kier molecular flexibility index (Phi) is 6.39. The first kappa shape index (κ1) is 21.5. The molecule has 0 atom stereocenters. The Balaban J connectivity index is 0.00000131. The molecule has 0 spiro atoms. The highest BCUT2D eigenvalue weighted by molar-refractivity contribution is 5.85. The highest BCUT2D eigenvalue weighted by atomic mass is 35.5. The van der Waals surface area contributed by atoms with Gasteiger partial charge in [-0.25, -0.2) is 9.37 Å². The summed E-state index contributed by atoms with van der Waals surface area (Å²) in [6.45, 7) is 1.64. The van der Waals surface area contributed by atoms with Crippen LogP contribution < -0.4 is 5.32 Å². The summed E-state index contributed by atoms with van der Waals surface area (Å²) in [5.41, 5.74) is 2.15. The van der Waals surface area contributed by atoms with Crippen molar-refractivity contribution >= 4 is 35.8 Å². The molecule has 1 aliphatic rings. The standard InChI is InChI=1S/C18H15F4N3.2ClH/c19-15-8-12(18(20,21)22)4-3-11(15)10-25-16-9-23-7-5-13(16)14-2-1-6-24-17(14)25;;/h1-4,6,8,23H,5,7,9-10H2;2*1H. The van der Waals surface area contributed by atoms with Gasteiger partial charge in [0.05, 0.1) is 12.1 Å². The zero-order valence-electron chi connectivity index (χ0n) is 14.0. The smallest absolute Gasteiger partial charge is 0.324 e. The Bertz CT molecular complexity index is 954. The van der Waals surface area contributed by atoms with Crippen LogP contribution in [0.3, 0.4) is 0 Å². The van der Waals surface area contributed by atoms with Crippen molar-refractivity contribution in [2.45, 2.75) is 25.7 Å². The summed E-state index contributed by atoms with van der Waals surface area (Å²) >= 11 is 0. The molecule has 3 nitrogen and oxygen atoms in total. The van der Waals surface area contributed by atoms with E-state index in [1.807, 2.05) is 16.7 Å². The molecule has 146 valence electrons. The molecule has 0 bridgehead atoms. The van der Waals surface area contributed by atoms with Gasteiger partial charge >= 0.3 is 6.18 Å². The van der Waals surface area contributed by atoms with Crippen molar-refractivity contribution in [1.82, 2.24) is 14.9 Å². The van der Waals surface area contributed by atoms with E-state index in [1.54, 1.807) is 6.20 Å². The van der Waals surface area contributed by atoms with E-state index in [4.69, 9.17) is 0 Å². The van der Waals surface area contributed by atoms with Crippen LogP contribution >= 0.6 is 24.8 Å². The van der Waals surface area contributed by atoms with E-state index in [2.05, 4.69) is 10.3 Å². The first-order valence-corrected chi connectivity index (χ1v) is 7.96. The molecular formula is C18H17Cl2F4N3. The second kappa shape index (κ2) is 8.04. The molecule has 4 rings (SSSR count). The maximum absolute atomic E-state index is 14.3. The van der Waals surface area contributed by atoms with Gasteiger partial charge in [-0.15, -0.1) is 24.8 Å². The largest absolute Gasteiger partial charge is 0.416 e. The SMILES string of the molecule is Cl.Cl.Fc1cc(C(F)(F)F)ccc1Cn1c2c(c3cccnc31)CCNC2. The number of fused-ring (bicyclic) bond motifs is 3. The van der Waals surface area contributed by atoms with Gasteiger partial charge < -0.3 is 9.88 Å². The fourth-order valence-corrected chi connectivity index (χ4v) is 3.39. The maximum atomic E-state index is 14.3. The number of alkyl halides is 3. The van der Waals surface area contributed by atoms with Crippen molar-refractivity contribution in [2.24, 2.45) is 0 Å². The summed E-state index contributed by atoms with van der Waals surface area (Å²) in [5, 5.41) is 4.30. The van der Waals surface area contributed by atoms with Gasteiger partial charge in [0.1, 0.15) is 11.5 Å². The second-order valence-corrected chi connectivity index (χ2v) is 6.12. The molecule has 1 N–H and O–H groups in total. The number of rotatable bonds is 2. The van der Waals surface area contributed by atoms with Crippen molar-refractivity contribution in [3.05, 3.63) is 64.7 Å². The molecule has 27 heavy (non-hydrogen) atoms. The maximum Gasteiger partial charge on any atom is 0.416 e. The molecule has 0 fully saturated rings. The van der Waals surface area contributed by atoms with Gasteiger partial charge in [-0.2, -0.15) is 13.2 Å². The first-order chi connectivity index (χ1) is 11.9. The lowest BCUT2D eigenvalue weighted by molar-refractivity contribution is -0.137. The van der Waals surface area contributed by atoms with E-state index in [1.165, 1.54) is 11.6 Å². The summed E-state index contributed by atoms with van der Waals surface area (Å²) in [5.74, 6) is -0.856. The van der Waals surface area contributed by atoms with Gasteiger partial charge in [-0.1, -0.05) is 6.07 Å². The van der Waals surface area contributed by atoms with Gasteiger partial charge in [0, 0.05) is 29.4 Å². The molecule has 1 aliphatic heterocycles. The Morgan fingerprint density at radius 3 is 2.63 bits per heavy atom. The Hall–Kier alpha value is -1.83. The number of pyridine rings is 1. The highest BCUT2D eigenvalue weighted by Gasteiger charge is 2.31. The minimum Gasteiger partial charge on any atom is -0.324 e. The zero-order valence-corrected chi connectivity index (χ0v) is 15.6. The summed E-state index contributed by atoms with van der Waals surface area (Å²) in [4.78, 5) is 4.40. The molecule has 3 heterocycles. The van der Waals surface area contributed by atoms with Crippen LogP contribution in [0.15, 0.2) is 36.5 Å². The van der Waals surface area contributed by atoms with Crippen molar-refractivity contribution in [3.8, 4) is 0 Å². The summed E-state index contributed by atoms with van der Waals surface area (Å²) < 4.78 is 54.3. The second-order valence-electron chi connectivity index (χ2n) is 6.12. The van der Waals surface area contributed by atoms with Gasteiger partial charge in [0.2, 0.25) is 0 Å². The van der Waals surface area contributed by atoms with Crippen LogP contribution in [0.1, 0.15) is 22.4 Å². The topological polar surface area (TPSA) is 29.9 Å². The van der Waals surface area contributed by atoms with Crippen LogP contribution in [0.2, 0.25) is 0 Å². The van der Waals surface area contributed by atoms with Crippen LogP contribution in [0.25, 0.3) is 11.0 Å². The monoisotopic (exact) mass is 421 g/mol. The van der Waals surface area contributed by atoms with Crippen LogP contribution in [0.5, 0.6) is 0 Å². The number of aromatic nitrogens is 2. The van der Waals surface area contributed by atoms with E-state index in [0.717, 1.165) is 35.8 Å². The average molecular weight is 422 g/mol. The normalized spacial score (nSPS) is 13.6. The lowest BCUT2D eigenvalue weighted by Gasteiger charge is -2.17. The molecule has 0 saturated carbocycles. The molecule has 9 heteroatoms.